The van der Waals surface area contributed by atoms with Crippen molar-refractivity contribution >= 4 is 43.4 Å². The predicted molar refractivity (Wildman–Crippen MR) is 130 cm³/mol. The quantitative estimate of drug-likeness (QED) is 0.373. The predicted octanol–water partition coefficient (Wildman–Crippen LogP) is 2.85. The van der Waals surface area contributed by atoms with Crippen molar-refractivity contribution in [3.8, 4) is 0 Å². The van der Waals surface area contributed by atoms with E-state index in [2.05, 4.69) is 46.2 Å². The van der Waals surface area contributed by atoms with Gasteiger partial charge in [-0.2, -0.15) is 4.98 Å². The van der Waals surface area contributed by atoms with Gasteiger partial charge in [0.1, 0.15) is 5.82 Å². The van der Waals surface area contributed by atoms with Crippen LogP contribution in [0.2, 0.25) is 0 Å². The van der Waals surface area contributed by atoms with E-state index < -0.39 is 10.0 Å². The van der Waals surface area contributed by atoms with Crippen LogP contribution in [0.15, 0.2) is 33.8 Å². The molecular formula is C21H31BrN6O3S. The first-order chi connectivity index (χ1) is 15.3. The zero-order chi connectivity index (χ0) is 23.1. The summed E-state index contributed by atoms with van der Waals surface area (Å²) >= 11 is 3.39. The minimum atomic E-state index is -3.65. The SMILES string of the molecule is Cc1ccc(Nc2ncc(Br)c(N[C@H](C)CO)n2)cc1S(=O)(=O)NCCN1CCCCC1. The number of aliphatic hydroxyl groups excluding tert-OH is 1. The number of hydrogen-bond donors (Lipinski definition) is 4. The lowest BCUT2D eigenvalue weighted by molar-refractivity contribution is 0.233. The fraction of sp³-hybridized carbons (Fsp3) is 0.524. The molecule has 1 aliphatic rings. The first kappa shape index (κ1) is 24.8. The van der Waals surface area contributed by atoms with E-state index in [1.54, 1.807) is 31.3 Å². The highest BCUT2D eigenvalue weighted by atomic mass is 79.9. The van der Waals surface area contributed by atoms with Crippen molar-refractivity contribution in [1.82, 2.24) is 19.6 Å². The van der Waals surface area contributed by atoms with Crippen LogP contribution in [0.4, 0.5) is 17.5 Å². The van der Waals surface area contributed by atoms with E-state index in [0.29, 0.717) is 40.6 Å². The molecule has 1 fully saturated rings. The molecule has 9 nitrogen and oxygen atoms in total. The van der Waals surface area contributed by atoms with Crippen molar-refractivity contribution in [2.45, 2.75) is 44.0 Å². The van der Waals surface area contributed by atoms with Crippen molar-refractivity contribution in [3.05, 3.63) is 34.4 Å². The molecule has 1 aliphatic heterocycles. The third-order valence-electron chi connectivity index (χ3n) is 5.30. The van der Waals surface area contributed by atoms with Crippen LogP contribution in [0.1, 0.15) is 31.7 Å². The second kappa shape index (κ2) is 11.4. The number of anilines is 3. The number of aliphatic hydroxyl groups is 1. The fourth-order valence-corrected chi connectivity index (χ4v) is 5.10. The second-order valence-electron chi connectivity index (χ2n) is 8.02. The number of piperidine rings is 1. The molecule has 176 valence electrons. The highest BCUT2D eigenvalue weighted by Crippen LogP contribution is 2.25. The molecule has 4 N–H and O–H groups in total. The molecule has 1 atom stereocenters. The van der Waals surface area contributed by atoms with Crippen LogP contribution in [0.25, 0.3) is 0 Å². The number of nitrogens with zero attached hydrogens (tertiary/aromatic N) is 3. The van der Waals surface area contributed by atoms with Crippen molar-refractivity contribution in [2.75, 3.05) is 43.4 Å². The number of nitrogens with one attached hydrogen (secondary N) is 3. The Morgan fingerprint density at radius 3 is 2.72 bits per heavy atom. The van der Waals surface area contributed by atoms with Crippen LogP contribution in [-0.2, 0) is 10.0 Å². The average Bonchev–Trinajstić information content (AvgIpc) is 2.77. The van der Waals surface area contributed by atoms with Crippen LogP contribution < -0.4 is 15.4 Å². The van der Waals surface area contributed by atoms with E-state index in [-0.39, 0.29) is 17.5 Å². The number of aryl methyl sites for hydroxylation is 1. The van der Waals surface area contributed by atoms with Gasteiger partial charge in [-0.05, 0) is 73.4 Å². The lowest BCUT2D eigenvalue weighted by atomic mass is 10.1. The van der Waals surface area contributed by atoms with E-state index in [1.165, 1.54) is 19.3 Å². The van der Waals surface area contributed by atoms with Crippen molar-refractivity contribution in [2.24, 2.45) is 0 Å². The number of rotatable bonds is 10. The molecule has 2 heterocycles. The Morgan fingerprint density at radius 2 is 2.00 bits per heavy atom. The Kier molecular flexibility index (Phi) is 8.83. The third kappa shape index (κ3) is 6.85. The molecule has 0 bridgehead atoms. The van der Waals surface area contributed by atoms with E-state index in [1.807, 2.05) is 6.92 Å². The number of sulfonamides is 1. The number of aromatic nitrogens is 2. The molecule has 1 aromatic carbocycles. The molecule has 1 aromatic heterocycles. The van der Waals surface area contributed by atoms with E-state index in [4.69, 9.17) is 0 Å². The molecule has 0 unspecified atom stereocenters. The van der Waals surface area contributed by atoms with Crippen molar-refractivity contribution in [1.29, 1.82) is 0 Å². The Balaban J connectivity index is 1.70. The maximum Gasteiger partial charge on any atom is 0.240 e. The minimum absolute atomic E-state index is 0.0385. The number of hydrogen-bond acceptors (Lipinski definition) is 8. The Hall–Kier alpha value is -1.79. The molecular weight excluding hydrogens is 496 g/mol. The van der Waals surface area contributed by atoms with Gasteiger partial charge in [-0.3, -0.25) is 0 Å². The van der Waals surface area contributed by atoms with Gasteiger partial charge in [0, 0.05) is 31.0 Å². The summed E-state index contributed by atoms with van der Waals surface area (Å²) in [4.78, 5) is 11.2. The molecule has 0 radical (unpaired) electrons. The van der Waals surface area contributed by atoms with Gasteiger partial charge in [0.2, 0.25) is 16.0 Å². The first-order valence-electron chi connectivity index (χ1n) is 10.8. The van der Waals surface area contributed by atoms with Gasteiger partial charge in [-0.1, -0.05) is 12.5 Å². The lowest BCUT2D eigenvalue weighted by Crippen LogP contribution is -2.37. The highest BCUT2D eigenvalue weighted by Gasteiger charge is 2.19. The zero-order valence-corrected chi connectivity index (χ0v) is 20.8. The van der Waals surface area contributed by atoms with E-state index in [0.717, 1.165) is 13.1 Å². The maximum atomic E-state index is 12.9. The number of halogens is 1. The summed E-state index contributed by atoms with van der Waals surface area (Å²) in [5, 5.41) is 15.4. The summed E-state index contributed by atoms with van der Waals surface area (Å²) in [6.45, 7) is 6.72. The number of likely N-dealkylation sites (tertiary alicyclic amines) is 1. The number of benzene rings is 1. The summed E-state index contributed by atoms with van der Waals surface area (Å²) in [5.41, 5.74) is 1.23. The summed E-state index contributed by atoms with van der Waals surface area (Å²) in [7, 11) is -3.65. The van der Waals surface area contributed by atoms with Gasteiger partial charge < -0.3 is 20.6 Å². The molecule has 11 heteroatoms. The molecule has 1 saturated heterocycles. The smallest absolute Gasteiger partial charge is 0.240 e. The van der Waals surface area contributed by atoms with Crippen LogP contribution >= 0.6 is 15.9 Å². The summed E-state index contributed by atoms with van der Waals surface area (Å²) in [5.74, 6) is 0.842. The first-order valence-corrected chi connectivity index (χ1v) is 13.1. The van der Waals surface area contributed by atoms with Crippen molar-refractivity contribution < 1.29 is 13.5 Å². The molecule has 2 aromatic rings. The highest BCUT2D eigenvalue weighted by molar-refractivity contribution is 9.10. The molecule has 0 spiro atoms. The van der Waals surface area contributed by atoms with E-state index >= 15 is 0 Å². The standard InChI is InChI=1S/C21H31BrN6O3S/c1-15-6-7-17(26-21-23-13-18(22)20(27-21)25-16(2)14-29)12-19(15)32(30,31)24-8-11-28-9-4-3-5-10-28/h6-7,12-13,16,24,29H,3-5,8-11,14H2,1-2H3,(H2,23,25,26,27)/t16-/m1/s1. The Morgan fingerprint density at radius 1 is 1.25 bits per heavy atom. The third-order valence-corrected chi connectivity index (χ3v) is 7.49. The molecule has 0 amide bonds. The van der Waals surface area contributed by atoms with Crippen LogP contribution in [0, 0.1) is 6.92 Å². The van der Waals surface area contributed by atoms with Crippen LogP contribution in [0.3, 0.4) is 0 Å². The zero-order valence-electron chi connectivity index (χ0n) is 18.4. The Bertz CT molecular complexity index is 1010. The maximum absolute atomic E-state index is 12.9. The van der Waals surface area contributed by atoms with Crippen LogP contribution in [0.5, 0.6) is 0 Å². The molecule has 3 rings (SSSR count). The van der Waals surface area contributed by atoms with Gasteiger partial charge in [-0.15, -0.1) is 0 Å². The monoisotopic (exact) mass is 526 g/mol. The molecule has 0 aliphatic carbocycles. The van der Waals surface area contributed by atoms with Gasteiger partial charge >= 0.3 is 0 Å². The summed E-state index contributed by atoms with van der Waals surface area (Å²) in [6.07, 6.45) is 5.19. The fourth-order valence-electron chi connectivity index (χ4n) is 3.50. The van der Waals surface area contributed by atoms with Gasteiger partial charge in [-0.25, -0.2) is 18.1 Å². The largest absolute Gasteiger partial charge is 0.394 e. The van der Waals surface area contributed by atoms with Gasteiger partial charge in [0.15, 0.2) is 0 Å². The van der Waals surface area contributed by atoms with Crippen LogP contribution in [-0.4, -0.2) is 67.2 Å². The molecule has 32 heavy (non-hydrogen) atoms. The summed E-state index contributed by atoms with van der Waals surface area (Å²) < 4.78 is 29.2. The second-order valence-corrected chi connectivity index (χ2v) is 10.6. The molecule has 0 saturated carbocycles. The topological polar surface area (TPSA) is 119 Å². The van der Waals surface area contributed by atoms with E-state index in [9.17, 15) is 13.5 Å². The normalized spacial score (nSPS) is 16.0. The Labute approximate surface area is 198 Å². The van der Waals surface area contributed by atoms with Gasteiger partial charge in [0.05, 0.1) is 16.0 Å². The summed E-state index contributed by atoms with van der Waals surface area (Å²) in [6, 6.07) is 4.96. The van der Waals surface area contributed by atoms with Crippen molar-refractivity contribution in [3.63, 3.8) is 0 Å². The van der Waals surface area contributed by atoms with Gasteiger partial charge in [0.25, 0.3) is 0 Å². The lowest BCUT2D eigenvalue weighted by Gasteiger charge is -2.26. The minimum Gasteiger partial charge on any atom is -0.394 e. The average molecular weight is 527 g/mol.